The third-order valence-electron chi connectivity index (χ3n) is 5.85. The molecule has 0 fully saturated rings. The Kier molecular flexibility index (Phi) is 8.31. The molecule has 2 rings (SSSR count). The van der Waals surface area contributed by atoms with Crippen molar-refractivity contribution < 1.29 is 0 Å². The molecular weight excluding hydrogens is 411 g/mol. The molecule has 2 aromatic rings. The molecule has 0 N–H and O–H groups in total. The van der Waals surface area contributed by atoms with Crippen LogP contribution >= 0.6 is 0 Å². The molecule has 0 atom stereocenters. The number of hydrogen-bond acceptors (Lipinski definition) is 1. The van der Waals surface area contributed by atoms with E-state index in [4.69, 9.17) is 5.10 Å². The van der Waals surface area contributed by atoms with Crippen molar-refractivity contribution in [2.45, 2.75) is 86.0 Å². The van der Waals surface area contributed by atoms with Crippen molar-refractivity contribution in [3.8, 4) is 0 Å². The van der Waals surface area contributed by atoms with Crippen LogP contribution in [-0.2, 0) is 13.5 Å². The van der Waals surface area contributed by atoms with E-state index in [0.717, 1.165) is 6.42 Å². The van der Waals surface area contributed by atoms with Crippen LogP contribution in [0.5, 0.6) is 0 Å². The Morgan fingerprint density at radius 2 is 1.44 bits per heavy atom. The molecular formula is C22H38N2Sn. The first kappa shape index (κ1) is 20.8. The Labute approximate surface area is 159 Å². The van der Waals surface area contributed by atoms with E-state index in [2.05, 4.69) is 57.6 Å². The molecule has 0 bridgehead atoms. The summed E-state index contributed by atoms with van der Waals surface area (Å²) in [5.41, 5.74) is 2.79. The molecule has 3 heteroatoms. The van der Waals surface area contributed by atoms with E-state index in [9.17, 15) is 0 Å². The summed E-state index contributed by atoms with van der Waals surface area (Å²) < 4.78 is 8.25. The molecule has 140 valence electrons. The molecule has 2 nitrogen and oxygen atoms in total. The van der Waals surface area contributed by atoms with Crippen molar-refractivity contribution in [1.82, 2.24) is 9.78 Å². The summed E-state index contributed by atoms with van der Waals surface area (Å²) in [5.74, 6) is 0. The van der Waals surface area contributed by atoms with Gasteiger partial charge in [0.1, 0.15) is 0 Å². The molecule has 0 aliphatic rings. The standard InChI is InChI=1S/C10H11N2.3C4H9.Sn/c1-3-8-4-5-9-7-11-12(2)10(9)6-8;3*1-3-4-2;/h4-6H,3H2,1-2H3;3*1,3-4H2,2H3;. The van der Waals surface area contributed by atoms with Gasteiger partial charge in [0.05, 0.1) is 0 Å². The summed E-state index contributed by atoms with van der Waals surface area (Å²) in [7, 11) is 2.15. The first-order chi connectivity index (χ1) is 12.1. The molecule has 0 amide bonds. The molecule has 0 unspecified atom stereocenters. The van der Waals surface area contributed by atoms with Gasteiger partial charge in [-0.2, -0.15) is 0 Å². The van der Waals surface area contributed by atoms with Gasteiger partial charge in [0.2, 0.25) is 0 Å². The predicted octanol–water partition coefficient (Wildman–Crippen LogP) is 6.19. The predicted molar refractivity (Wildman–Crippen MR) is 115 cm³/mol. The van der Waals surface area contributed by atoms with Crippen LogP contribution < -0.4 is 3.71 Å². The van der Waals surface area contributed by atoms with E-state index in [0.29, 0.717) is 0 Å². The fourth-order valence-electron chi connectivity index (χ4n) is 4.19. The quantitative estimate of drug-likeness (QED) is 0.374. The van der Waals surface area contributed by atoms with Gasteiger partial charge >= 0.3 is 160 Å². The molecule has 0 aliphatic heterocycles. The molecule has 1 heterocycles. The van der Waals surface area contributed by atoms with Crippen molar-refractivity contribution >= 4 is 33.0 Å². The first-order valence-electron chi connectivity index (χ1n) is 10.6. The van der Waals surface area contributed by atoms with Crippen LogP contribution in [0.25, 0.3) is 10.9 Å². The van der Waals surface area contributed by atoms with Gasteiger partial charge in [-0.15, -0.1) is 0 Å². The topological polar surface area (TPSA) is 17.8 Å². The maximum atomic E-state index is 5.21. The van der Waals surface area contributed by atoms with E-state index >= 15 is 0 Å². The average Bonchev–Trinajstić information content (AvgIpc) is 2.98. The summed E-state index contributed by atoms with van der Waals surface area (Å²) in [4.78, 5) is 0. The van der Waals surface area contributed by atoms with Gasteiger partial charge in [0, 0.05) is 0 Å². The van der Waals surface area contributed by atoms with E-state index in [1.807, 2.05) is 0 Å². The molecule has 0 aliphatic carbocycles. The second kappa shape index (κ2) is 9.99. The Morgan fingerprint density at radius 3 is 1.92 bits per heavy atom. The number of benzene rings is 1. The Hall–Kier alpha value is -0.511. The summed E-state index contributed by atoms with van der Waals surface area (Å²) in [6.07, 6.45) is 9.26. The van der Waals surface area contributed by atoms with Gasteiger partial charge < -0.3 is 0 Å². The SMILES string of the molecule is CCC[CH2][Sn]([CH2]CCC)([CH2]CCC)[c]1nn(C)c2cc(CC)ccc12. The number of nitrogens with zero attached hydrogens (tertiary/aromatic N) is 2. The summed E-state index contributed by atoms with van der Waals surface area (Å²) in [5, 5.41) is 6.69. The molecule has 1 aromatic heterocycles. The van der Waals surface area contributed by atoms with Crippen LogP contribution in [0.1, 0.15) is 71.8 Å². The molecule has 1 aromatic carbocycles. The van der Waals surface area contributed by atoms with Gasteiger partial charge in [0.25, 0.3) is 0 Å². The van der Waals surface area contributed by atoms with E-state index < -0.39 is 18.4 Å². The minimum absolute atomic E-state index is 1.10. The van der Waals surface area contributed by atoms with Gasteiger partial charge in [-0.1, -0.05) is 0 Å². The zero-order chi connectivity index (χ0) is 18.3. The fourth-order valence-corrected chi connectivity index (χ4v) is 20.4. The molecule has 0 radical (unpaired) electrons. The van der Waals surface area contributed by atoms with Crippen molar-refractivity contribution in [2.24, 2.45) is 7.05 Å². The van der Waals surface area contributed by atoms with E-state index in [-0.39, 0.29) is 0 Å². The van der Waals surface area contributed by atoms with Gasteiger partial charge in [0.15, 0.2) is 0 Å². The van der Waals surface area contributed by atoms with Crippen LogP contribution in [0.15, 0.2) is 18.2 Å². The minimum atomic E-state index is -2.46. The van der Waals surface area contributed by atoms with Crippen LogP contribution in [0, 0.1) is 0 Å². The number of hydrogen-bond donors (Lipinski definition) is 0. The molecule has 0 saturated carbocycles. The number of unbranched alkanes of at least 4 members (excludes halogenated alkanes) is 3. The van der Waals surface area contributed by atoms with Crippen LogP contribution in [0.4, 0.5) is 0 Å². The Morgan fingerprint density at radius 1 is 0.880 bits per heavy atom. The normalized spacial score (nSPS) is 12.2. The zero-order valence-corrected chi connectivity index (χ0v) is 20.1. The average molecular weight is 449 g/mol. The summed E-state index contributed by atoms with van der Waals surface area (Å²) in [6, 6.07) is 7.11. The molecule has 0 saturated heterocycles. The Balaban J connectivity index is 2.55. The summed E-state index contributed by atoms with van der Waals surface area (Å²) in [6.45, 7) is 9.28. The third-order valence-corrected chi connectivity index (χ3v) is 21.0. The Bertz CT molecular complexity index is 638. The van der Waals surface area contributed by atoms with Crippen LogP contribution in [-0.4, -0.2) is 28.2 Å². The van der Waals surface area contributed by atoms with Crippen LogP contribution in [0.2, 0.25) is 13.3 Å². The van der Waals surface area contributed by atoms with Crippen molar-refractivity contribution in [3.05, 3.63) is 23.8 Å². The van der Waals surface area contributed by atoms with Crippen LogP contribution in [0.3, 0.4) is 0 Å². The number of fused-ring (bicyclic) bond motifs is 1. The van der Waals surface area contributed by atoms with Gasteiger partial charge in [-0.05, 0) is 0 Å². The maximum absolute atomic E-state index is 5.21. The van der Waals surface area contributed by atoms with E-state index in [1.165, 1.54) is 68.3 Å². The van der Waals surface area contributed by atoms with Crippen molar-refractivity contribution in [3.63, 3.8) is 0 Å². The van der Waals surface area contributed by atoms with E-state index in [1.54, 1.807) is 3.71 Å². The second-order valence-electron chi connectivity index (χ2n) is 7.77. The number of aromatic nitrogens is 2. The first-order valence-corrected chi connectivity index (χ1v) is 18.1. The monoisotopic (exact) mass is 450 g/mol. The number of rotatable bonds is 11. The van der Waals surface area contributed by atoms with Gasteiger partial charge in [-0.25, -0.2) is 0 Å². The number of aryl methyl sites for hydroxylation is 2. The fraction of sp³-hybridized carbons (Fsp3) is 0.682. The van der Waals surface area contributed by atoms with Crippen molar-refractivity contribution in [1.29, 1.82) is 0 Å². The molecule has 25 heavy (non-hydrogen) atoms. The second-order valence-corrected chi connectivity index (χ2v) is 20.7. The summed E-state index contributed by atoms with van der Waals surface area (Å²) >= 11 is -2.46. The van der Waals surface area contributed by atoms with Gasteiger partial charge in [-0.3, -0.25) is 0 Å². The van der Waals surface area contributed by atoms with Crippen molar-refractivity contribution in [2.75, 3.05) is 0 Å². The zero-order valence-electron chi connectivity index (χ0n) is 17.2. The molecule has 0 spiro atoms. The third kappa shape index (κ3) is 4.81.